The standard InChI is InChI=1S/C6H7ClO2S/c7-10(8,9)5-1-2-6-3-4-6/h6H,3-5H2. The third-order valence-corrected chi connectivity index (χ3v) is 1.94. The molecule has 0 saturated heterocycles. The van der Waals surface area contributed by atoms with Gasteiger partial charge in [0.2, 0.25) is 9.05 Å². The molecule has 0 N–H and O–H groups in total. The molecule has 1 aliphatic carbocycles. The third-order valence-electron chi connectivity index (χ3n) is 1.13. The van der Waals surface area contributed by atoms with Gasteiger partial charge in [-0.05, 0) is 12.8 Å². The van der Waals surface area contributed by atoms with Crippen LogP contribution < -0.4 is 0 Å². The average Bonchev–Trinajstić information content (AvgIpc) is 2.45. The molecule has 10 heavy (non-hydrogen) atoms. The van der Waals surface area contributed by atoms with E-state index < -0.39 is 9.05 Å². The SMILES string of the molecule is O=S(=O)(Cl)CC#CC1CC1. The van der Waals surface area contributed by atoms with Crippen molar-refractivity contribution in [1.29, 1.82) is 0 Å². The molecule has 1 aliphatic rings. The molecule has 2 nitrogen and oxygen atoms in total. The van der Waals surface area contributed by atoms with Crippen molar-refractivity contribution in [3.05, 3.63) is 0 Å². The molecule has 0 heterocycles. The lowest BCUT2D eigenvalue weighted by atomic mass is 10.4. The van der Waals surface area contributed by atoms with Crippen LogP contribution in [0.2, 0.25) is 0 Å². The van der Waals surface area contributed by atoms with E-state index in [9.17, 15) is 8.42 Å². The lowest BCUT2D eigenvalue weighted by Gasteiger charge is -1.80. The topological polar surface area (TPSA) is 34.1 Å². The van der Waals surface area contributed by atoms with Gasteiger partial charge in [-0.25, -0.2) is 8.42 Å². The Labute approximate surface area is 65.0 Å². The predicted octanol–water partition coefficient (Wildman–Crippen LogP) is 0.968. The molecule has 0 atom stereocenters. The second kappa shape index (κ2) is 2.81. The van der Waals surface area contributed by atoms with E-state index in [4.69, 9.17) is 10.7 Å². The second-order valence-electron chi connectivity index (χ2n) is 2.28. The summed E-state index contributed by atoms with van der Waals surface area (Å²) in [4.78, 5) is 0. The molecule has 0 unspecified atom stereocenters. The quantitative estimate of drug-likeness (QED) is 0.443. The molecule has 1 rings (SSSR count). The predicted molar refractivity (Wildman–Crippen MR) is 40.1 cm³/mol. The van der Waals surface area contributed by atoms with E-state index in [-0.39, 0.29) is 5.75 Å². The van der Waals surface area contributed by atoms with E-state index in [1.807, 2.05) is 0 Å². The maximum atomic E-state index is 10.3. The first-order valence-corrected chi connectivity index (χ1v) is 5.46. The van der Waals surface area contributed by atoms with Crippen LogP contribution in [0.5, 0.6) is 0 Å². The van der Waals surface area contributed by atoms with Crippen LogP contribution in [0.1, 0.15) is 12.8 Å². The Morgan fingerprint density at radius 3 is 2.50 bits per heavy atom. The van der Waals surface area contributed by atoms with Crippen molar-refractivity contribution in [2.24, 2.45) is 5.92 Å². The molecule has 56 valence electrons. The van der Waals surface area contributed by atoms with Gasteiger partial charge in [-0.3, -0.25) is 0 Å². The Morgan fingerprint density at radius 1 is 1.50 bits per heavy atom. The number of hydrogen-bond acceptors (Lipinski definition) is 2. The van der Waals surface area contributed by atoms with Gasteiger partial charge in [0.1, 0.15) is 5.75 Å². The minimum atomic E-state index is -3.39. The van der Waals surface area contributed by atoms with Crippen LogP contribution in [0.4, 0.5) is 0 Å². The van der Waals surface area contributed by atoms with E-state index >= 15 is 0 Å². The molecule has 4 heteroatoms. The van der Waals surface area contributed by atoms with Crippen molar-refractivity contribution in [1.82, 2.24) is 0 Å². The summed E-state index contributed by atoms with van der Waals surface area (Å²) in [6, 6.07) is 0. The molecule has 1 fully saturated rings. The monoisotopic (exact) mass is 178 g/mol. The summed E-state index contributed by atoms with van der Waals surface area (Å²) < 4.78 is 20.6. The largest absolute Gasteiger partial charge is 0.243 e. The fraction of sp³-hybridized carbons (Fsp3) is 0.667. The number of hydrogen-bond donors (Lipinski definition) is 0. The van der Waals surface area contributed by atoms with Gasteiger partial charge in [-0.2, -0.15) is 0 Å². The van der Waals surface area contributed by atoms with Crippen LogP contribution >= 0.6 is 10.7 Å². The van der Waals surface area contributed by atoms with Gasteiger partial charge in [0.05, 0.1) is 0 Å². The first-order chi connectivity index (χ1) is 4.58. The summed E-state index contributed by atoms with van der Waals surface area (Å²) in [5.74, 6) is 5.54. The highest BCUT2D eigenvalue weighted by atomic mass is 35.7. The zero-order valence-corrected chi connectivity index (χ0v) is 6.87. The smallest absolute Gasteiger partial charge is 0.211 e. The lowest BCUT2D eigenvalue weighted by Crippen LogP contribution is -1.92. The van der Waals surface area contributed by atoms with Gasteiger partial charge in [-0.15, -0.1) is 0 Å². The van der Waals surface area contributed by atoms with Crippen LogP contribution in [0, 0.1) is 17.8 Å². The van der Waals surface area contributed by atoms with Crippen molar-refractivity contribution in [3.8, 4) is 11.8 Å². The van der Waals surface area contributed by atoms with Gasteiger partial charge in [0, 0.05) is 16.6 Å². The van der Waals surface area contributed by atoms with E-state index in [0.29, 0.717) is 5.92 Å². The van der Waals surface area contributed by atoms with Crippen LogP contribution in [-0.4, -0.2) is 14.2 Å². The Morgan fingerprint density at radius 2 is 2.10 bits per heavy atom. The molecular weight excluding hydrogens is 172 g/mol. The highest BCUT2D eigenvalue weighted by molar-refractivity contribution is 8.13. The summed E-state index contributed by atoms with van der Waals surface area (Å²) >= 11 is 0. The van der Waals surface area contributed by atoms with Crippen LogP contribution in [0.25, 0.3) is 0 Å². The molecule has 0 aromatic carbocycles. The first-order valence-electron chi connectivity index (χ1n) is 2.99. The number of rotatable bonds is 1. The Hall–Kier alpha value is -0.200. The summed E-state index contributed by atoms with van der Waals surface area (Å²) in [7, 11) is 1.51. The third kappa shape index (κ3) is 3.76. The van der Waals surface area contributed by atoms with Gasteiger partial charge in [0.15, 0.2) is 0 Å². The van der Waals surface area contributed by atoms with E-state index in [1.165, 1.54) is 0 Å². The van der Waals surface area contributed by atoms with Crippen molar-refractivity contribution < 1.29 is 8.42 Å². The van der Waals surface area contributed by atoms with Crippen molar-refractivity contribution >= 4 is 19.7 Å². The summed E-state index contributed by atoms with van der Waals surface area (Å²) in [6.07, 6.45) is 2.21. The first kappa shape index (κ1) is 7.90. The molecule has 0 aromatic heterocycles. The molecule has 0 amide bonds. The van der Waals surface area contributed by atoms with Crippen molar-refractivity contribution in [3.63, 3.8) is 0 Å². The van der Waals surface area contributed by atoms with Crippen LogP contribution in [0.3, 0.4) is 0 Å². The highest BCUT2D eigenvalue weighted by Gasteiger charge is 2.17. The fourth-order valence-electron chi connectivity index (χ4n) is 0.500. The highest BCUT2D eigenvalue weighted by Crippen LogP contribution is 2.27. The molecule has 0 aliphatic heterocycles. The molecule has 1 saturated carbocycles. The van der Waals surface area contributed by atoms with Crippen LogP contribution in [-0.2, 0) is 9.05 Å². The maximum Gasteiger partial charge on any atom is 0.243 e. The van der Waals surface area contributed by atoms with Gasteiger partial charge >= 0.3 is 0 Å². The van der Waals surface area contributed by atoms with Crippen molar-refractivity contribution in [2.45, 2.75) is 12.8 Å². The summed E-state index contributed by atoms with van der Waals surface area (Å²) in [5.41, 5.74) is 0. The van der Waals surface area contributed by atoms with E-state index in [1.54, 1.807) is 0 Å². The van der Waals surface area contributed by atoms with Gasteiger partial charge < -0.3 is 0 Å². The molecule has 0 radical (unpaired) electrons. The van der Waals surface area contributed by atoms with E-state index in [2.05, 4.69) is 11.8 Å². The van der Waals surface area contributed by atoms with Gasteiger partial charge in [-0.1, -0.05) is 11.8 Å². The molecular formula is C6H7ClO2S. The minimum Gasteiger partial charge on any atom is -0.211 e. The van der Waals surface area contributed by atoms with Crippen molar-refractivity contribution in [2.75, 3.05) is 5.75 Å². The second-order valence-corrected chi connectivity index (χ2v) is 5.06. The zero-order valence-electron chi connectivity index (χ0n) is 5.30. The van der Waals surface area contributed by atoms with Gasteiger partial charge in [0.25, 0.3) is 0 Å². The number of halogens is 1. The Bertz CT molecular complexity index is 266. The minimum absolute atomic E-state index is 0.217. The summed E-state index contributed by atoms with van der Waals surface area (Å²) in [6.45, 7) is 0. The zero-order chi connectivity index (χ0) is 7.61. The normalized spacial score (nSPS) is 17.7. The molecule has 0 aromatic rings. The maximum absolute atomic E-state index is 10.3. The Kier molecular flexibility index (Phi) is 2.22. The average molecular weight is 179 g/mol. The summed E-state index contributed by atoms with van der Waals surface area (Å²) in [5, 5.41) is 0. The Balaban J connectivity index is 2.35. The van der Waals surface area contributed by atoms with Crippen LogP contribution in [0.15, 0.2) is 0 Å². The fourth-order valence-corrected chi connectivity index (χ4v) is 0.919. The molecule has 0 spiro atoms. The lowest BCUT2D eigenvalue weighted by molar-refractivity contribution is 0.612. The molecule has 0 bridgehead atoms. The van der Waals surface area contributed by atoms with E-state index in [0.717, 1.165) is 12.8 Å².